The second-order valence-electron chi connectivity index (χ2n) is 4.81. The van der Waals surface area contributed by atoms with Crippen molar-refractivity contribution >= 4 is 22.4 Å². The quantitative estimate of drug-likeness (QED) is 0.800. The summed E-state index contributed by atoms with van der Waals surface area (Å²) in [5.41, 5.74) is 2.23. The molecule has 0 unspecified atom stereocenters. The molecule has 112 valence electrons. The fourth-order valence-corrected chi connectivity index (χ4v) is 2.85. The summed E-state index contributed by atoms with van der Waals surface area (Å²) in [4.78, 5) is 21.2. The molecule has 0 bridgehead atoms. The lowest BCUT2D eigenvalue weighted by molar-refractivity contribution is 0.102. The van der Waals surface area contributed by atoms with Crippen LogP contribution in [0, 0.1) is 11.3 Å². The zero-order valence-corrected chi connectivity index (χ0v) is 12.9. The number of nitrogens with one attached hydrogen (secondary N) is 1. The Morgan fingerprint density at radius 1 is 1.22 bits per heavy atom. The second kappa shape index (κ2) is 6.81. The van der Waals surface area contributed by atoms with Crippen LogP contribution in [0.4, 0.5) is 5.13 Å². The lowest BCUT2D eigenvalue weighted by atomic mass is 10.1. The van der Waals surface area contributed by atoms with Gasteiger partial charge in [-0.1, -0.05) is 12.1 Å². The minimum Gasteiger partial charge on any atom is -0.298 e. The number of thiazole rings is 1. The predicted molar refractivity (Wildman–Crippen MR) is 88.3 cm³/mol. The normalized spacial score (nSPS) is 10.0. The molecular formula is C17H12N4OS. The first-order valence-corrected chi connectivity index (χ1v) is 7.71. The summed E-state index contributed by atoms with van der Waals surface area (Å²) in [6.45, 7) is 0. The molecule has 0 radical (unpaired) electrons. The van der Waals surface area contributed by atoms with E-state index in [2.05, 4.69) is 21.4 Å². The van der Waals surface area contributed by atoms with Gasteiger partial charge in [-0.25, -0.2) is 4.98 Å². The summed E-state index contributed by atoms with van der Waals surface area (Å²) < 4.78 is 0. The monoisotopic (exact) mass is 320 g/mol. The Bertz CT molecular complexity index is 850. The lowest BCUT2D eigenvalue weighted by Gasteiger charge is -2.00. The minimum atomic E-state index is -0.225. The van der Waals surface area contributed by atoms with E-state index in [9.17, 15) is 4.79 Å². The molecule has 0 fully saturated rings. The van der Waals surface area contributed by atoms with Crippen molar-refractivity contribution in [2.45, 2.75) is 6.42 Å². The molecule has 1 aromatic carbocycles. The summed E-state index contributed by atoms with van der Waals surface area (Å²) in [5.74, 6) is -0.225. The number of carbonyl (C=O) groups excluding carboxylic acids is 1. The zero-order chi connectivity index (χ0) is 16.1. The predicted octanol–water partition coefficient (Wildman–Crippen LogP) is 3.25. The number of hydrogen-bond acceptors (Lipinski definition) is 5. The molecule has 0 aliphatic heterocycles. The standard InChI is InChI=1S/C17H12N4OS/c18-9-13-5-3-12(4-6-13)8-15-11-20-17(23-15)21-16(22)14-2-1-7-19-10-14/h1-7,10-11H,8H2,(H,20,21,22). The fourth-order valence-electron chi connectivity index (χ4n) is 2.01. The van der Waals surface area contributed by atoms with Gasteiger partial charge in [0.15, 0.2) is 5.13 Å². The molecule has 0 atom stereocenters. The largest absolute Gasteiger partial charge is 0.298 e. The molecule has 0 saturated carbocycles. The molecule has 2 aromatic heterocycles. The molecule has 6 heteroatoms. The molecule has 1 amide bonds. The number of nitriles is 1. The summed E-state index contributed by atoms with van der Waals surface area (Å²) in [6, 6.07) is 12.9. The van der Waals surface area contributed by atoms with Gasteiger partial charge in [0.1, 0.15) is 0 Å². The Balaban J connectivity index is 1.66. The highest BCUT2D eigenvalue weighted by Crippen LogP contribution is 2.21. The number of carbonyl (C=O) groups is 1. The summed E-state index contributed by atoms with van der Waals surface area (Å²) in [5, 5.41) is 12.1. The topological polar surface area (TPSA) is 78.7 Å². The van der Waals surface area contributed by atoms with Gasteiger partial charge in [0.25, 0.3) is 5.91 Å². The van der Waals surface area contributed by atoms with Gasteiger partial charge in [-0.15, -0.1) is 11.3 Å². The second-order valence-corrected chi connectivity index (χ2v) is 5.93. The van der Waals surface area contributed by atoms with Crippen LogP contribution in [0.1, 0.15) is 26.4 Å². The van der Waals surface area contributed by atoms with E-state index in [1.807, 2.05) is 12.1 Å². The highest BCUT2D eigenvalue weighted by atomic mass is 32.1. The Hall–Kier alpha value is -3.04. The SMILES string of the molecule is N#Cc1ccc(Cc2cnc(NC(=O)c3cccnc3)s2)cc1. The first-order valence-electron chi connectivity index (χ1n) is 6.90. The van der Waals surface area contributed by atoms with Crippen molar-refractivity contribution in [1.82, 2.24) is 9.97 Å². The van der Waals surface area contributed by atoms with E-state index in [0.29, 0.717) is 22.7 Å². The summed E-state index contributed by atoms with van der Waals surface area (Å²) in [7, 11) is 0. The number of benzene rings is 1. The third-order valence-corrected chi connectivity index (χ3v) is 4.07. The van der Waals surface area contributed by atoms with E-state index in [-0.39, 0.29) is 5.91 Å². The van der Waals surface area contributed by atoms with E-state index < -0.39 is 0 Å². The maximum absolute atomic E-state index is 12.0. The van der Waals surface area contributed by atoms with Crippen LogP contribution in [-0.2, 0) is 6.42 Å². The molecule has 5 nitrogen and oxygen atoms in total. The average Bonchev–Trinajstić information content (AvgIpc) is 3.03. The first-order chi connectivity index (χ1) is 11.2. The number of rotatable bonds is 4. The van der Waals surface area contributed by atoms with E-state index in [0.717, 1.165) is 10.4 Å². The van der Waals surface area contributed by atoms with Crippen molar-refractivity contribution < 1.29 is 4.79 Å². The number of hydrogen-bond donors (Lipinski definition) is 1. The molecule has 0 aliphatic rings. The van der Waals surface area contributed by atoms with Gasteiger partial charge in [0.2, 0.25) is 0 Å². The minimum absolute atomic E-state index is 0.225. The van der Waals surface area contributed by atoms with Crippen molar-refractivity contribution in [3.63, 3.8) is 0 Å². The van der Waals surface area contributed by atoms with Gasteiger partial charge in [0, 0.05) is 29.9 Å². The molecule has 23 heavy (non-hydrogen) atoms. The van der Waals surface area contributed by atoms with Crippen molar-refractivity contribution in [1.29, 1.82) is 5.26 Å². The maximum atomic E-state index is 12.0. The Kier molecular flexibility index (Phi) is 4.41. The van der Waals surface area contributed by atoms with Gasteiger partial charge >= 0.3 is 0 Å². The summed E-state index contributed by atoms with van der Waals surface area (Å²) >= 11 is 1.43. The highest BCUT2D eigenvalue weighted by molar-refractivity contribution is 7.15. The lowest BCUT2D eigenvalue weighted by Crippen LogP contribution is -2.11. The van der Waals surface area contributed by atoms with E-state index in [1.165, 1.54) is 17.5 Å². The van der Waals surface area contributed by atoms with Crippen molar-refractivity contribution in [3.05, 3.63) is 76.6 Å². The zero-order valence-electron chi connectivity index (χ0n) is 12.1. The van der Waals surface area contributed by atoms with Gasteiger partial charge in [-0.3, -0.25) is 15.1 Å². The molecule has 0 saturated heterocycles. The number of anilines is 1. The van der Waals surface area contributed by atoms with E-state index in [4.69, 9.17) is 5.26 Å². The number of aromatic nitrogens is 2. The van der Waals surface area contributed by atoms with Crippen molar-refractivity contribution in [3.8, 4) is 6.07 Å². The number of pyridine rings is 1. The van der Waals surface area contributed by atoms with Crippen LogP contribution in [0.5, 0.6) is 0 Å². The number of amides is 1. The van der Waals surface area contributed by atoms with Crippen LogP contribution >= 0.6 is 11.3 Å². The Morgan fingerprint density at radius 3 is 2.74 bits per heavy atom. The summed E-state index contributed by atoms with van der Waals surface area (Å²) in [6.07, 6.45) is 5.60. The third-order valence-electron chi connectivity index (χ3n) is 3.16. The molecule has 0 aliphatic carbocycles. The molecule has 0 spiro atoms. The van der Waals surface area contributed by atoms with Crippen molar-refractivity contribution in [2.75, 3.05) is 5.32 Å². The third kappa shape index (κ3) is 3.78. The molecule has 1 N–H and O–H groups in total. The van der Waals surface area contributed by atoms with Crippen LogP contribution in [0.2, 0.25) is 0 Å². The average molecular weight is 320 g/mol. The Labute approximate surface area is 137 Å². The van der Waals surface area contributed by atoms with Gasteiger partial charge in [-0.2, -0.15) is 5.26 Å². The van der Waals surface area contributed by atoms with Gasteiger partial charge < -0.3 is 0 Å². The Morgan fingerprint density at radius 2 is 2.04 bits per heavy atom. The maximum Gasteiger partial charge on any atom is 0.259 e. The molecule has 3 rings (SSSR count). The fraction of sp³-hybridized carbons (Fsp3) is 0.0588. The smallest absolute Gasteiger partial charge is 0.259 e. The van der Waals surface area contributed by atoms with Crippen LogP contribution in [-0.4, -0.2) is 15.9 Å². The van der Waals surface area contributed by atoms with Crippen LogP contribution < -0.4 is 5.32 Å². The molecule has 3 aromatic rings. The molecular weight excluding hydrogens is 308 g/mol. The van der Waals surface area contributed by atoms with Gasteiger partial charge in [-0.05, 0) is 29.8 Å². The first kappa shape index (κ1) is 14.9. The van der Waals surface area contributed by atoms with Crippen LogP contribution in [0.15, 0.2) is 55.0 Å². The molecule has 2 heterocycles. The van der Waals surface area contributed by atoms with E-state index >= 15 is 0 Å². The highest BCUT2D eigenvalue weighted by Gasteiger charge is 2.09. The van der Waals surface area contributed by atoms with Crippen LogP contribution in [0.3, 0.4) is 0 Å². The number of nitrogens with zero attached hydrogens (tertiary/aromatic N) is 3. The van der Waals surface area contributed by atoms with E-state index in [1.54, 1.807) is 36.7 Å². The van der Waals surface area contributed by atoms with Crippen LogP contribution in [0.25, 0.3) is 0 Å². The van der Waals surface area contributed by atoms with Gasteiger partial charge in [0.05, 0.1) is 17.2 Å². The van der Waals surface area contributed by atoms with Crippen molar-refractivity contribution in [2.24, 2.45) is 0 Å².